The number of piperazine rings is 1. The molecular weight excluding hydrogens is 420 g/mol. The summed E-state index contributed by atoms with van der Waals surface area (Å²) in [7, 11) is -2.07. The van der Waals surface area contributed by atoms with Crippen LogP contribution in [0, 0.1) is 5.92 Å². The smallest absolute Gasteiger partial charge is 0.331 e. The molecule has 2 rings (SSSR count). The summed E-state index contributed by atoms with van der Waals surface area (Å²) < 4.78 is 31.0. The Kier molecular flexibility index (Phi) is 7.12. The normalized spacial score (nSPS) is 20.7. The van der Waals surface area contributed by atoms with Gasteiger partial charge < -0.3 is 14.7 Å². The number of carbonyl (C=O) groups is 2. The average Bonchev–Trinajstić information content (AvgIpc) is 2.64. The number of carbonyl (C=O) groups excluding carboxylic acids is 1. The fourth-order valence-corrected chi connectivity index (χ4v) is 5.04. The Labute approximate surface area is 185 Å². The van der Waals surface area contributed by atoms with E-state index in [1.54, 1.807) is 12.1 Å². The Morgan fingerprint density at radius 2 is 1.84 bits per heavy atom. The fourth-order valence-electron chi connectivity index (χ4n) is 4.18. The van der Waals surface area contributed by atoms with E-state index in [0.29, 0.717) is 11.3 Å². The van der Waals surface area contributed by atoms with E-state index in [4.69, 9.17) is 4.74 Å². The zero-order chi connectivity index (χ0) is 23.8. The predicted octanol–water partition coefficient (Wildman–Crippen LogP) is 2.58. The van der Waals surface area contributed by atoms with E-state index in [0.717, 1.165) is 16.1 Å². The molecule has 0 saturated carbocycles. The number of hydrogen-bond acceptors (Lipinski definition) is 5. The minimum atomic E-state index is -3.60. The van der Waals surface area contributed by atoms with E-state index >= 15 is 0 Å². The first-order valence-corrected chi connectivity index (χ1v) is 12.2. The summed E-state index contributed by atoms with van der Waals surface area (Å²) in [5, 5.41) is 10.2. The van der Waals surface area contributed by atoms with Crippen LogP contribution in [0.25, 0.3) is 0 Å². The van der Waals surface area contributed by atoms with Gasteiger partial charge in [0.25, 0.3) is 5.91 Å². The van der Waals surface area contributed by atoms with Crippen LogP contribution in [0.1, 0.15) is 57.0 Å². The van der Waals surface area contributed by atoms with Crippen molar-refractivity contribution < 1.29 is 27.9 Å². The van der Waals surface area contributed by atoms with Gasteiger partial charge in [0.05, 0.1) is 13.4 Å². The molecule has 1 aromatic carbocycles. The van der Waals surface area contributed by atoms with E-state index in [2.05, 4.69) is 0 Å². The summed E-state index contributed by atoms with van der Waals surface area (Å²) >= 11 is 0. The third kappa shape index (κ3) is 5.20. The molecular formula is C22H34N2O6S. The van der Waals surface area contributed by atoms with Crippen LogP contribution in [-0.2, 0) is 20.2 Å². The van der Waals surface area contributed by atoms with Crippen molar-refractivity contribution in [3.63, 3.8) is 0 Å². The number of nitrogens with zero attached hydrogens (tertiary/aromatic N) is 2. The topological polar surface area (TPSA) is 104 Å². The average molecular weight is 455 g/mol. The molecule has 1 aliphatic rings. The highest BCUT2D eigenvalue weighted by molar-refractivity contribution is 7.88. The monoisotopic (exact) mass is 454 g/mol. The summed E-state index contributed by atoms with van der Waals surface area (Å²) in [6, 6.07) is 5.13. The number of rotatable bonds is 6. The number of hydrogen-bond donors (Lipinski definition) is 1. The van der Waals surface area contributed by atoms with Crippen molar-refractivity contribution in [2.45, 2.75) is 52.0 Å². The highest BCUT2D eigenvalue weighted by Gasteiger charge is 2.52. The summed E-state index contributed by atoms with van der Waals surface area (Å²) in [4.78, 5) is 27.3. The number of methoxy groups -OCH3 is 1. The van der Waals surface area contributed by atoms with Gasteiger partial charge in [0.2, 0.25) is 10.0 Å². The molecule has 1 aromatic rings. The first kappa shape index (κ1) is 25.1. The zero-order valence-electron chi connectivity index (χ0n) is 19.4. The summed E-state index contributed by atoms with van der Waals surface area (Å²) in [6.07, 6.45) is 1.19. The van der Waals surface area contributed by atoms with Gasteiger partial charge in [-0.15, -0.1) is 0 Å². The van der Waals surface area contributed by atoms with Crippen molar-refractivity contribution in [1.29, 1.82) is 0 Å². The molecule has 0 radical (unpaired) electrons. The lowest BCUT2D eigenvalue weighted by Crippen LogP contribution is -2.68. The molecule has 1 heterocycles. The van der Waals surface area contributed by atoms with E-state index in [1.807, 2.05) is 40.7 Å². The molecule has 1 N–H and O–H groups in total. The molecule has 0 bridgehead atoms. The first-order chi connectivity index (χ1) is 14.1. The van der Waals surface area contributed by atoms with Crippen LogP contribution >= 0.6 is 0 Å². The van der Waals surface area contributed by atoms with Crippen molar-refractivity contribution in [3.8, 4) is 5.75 Å². The van der Waals surface area contributed by atoms with Crippen molar-refractivity contribution >= 4 is 21.9 Å². The van der Waals surface area contributed by atoms with Crippen LogP contribution < -0.4 is 4.74 Å². The van der Waals surface area contributed by atoms with Gasteiger partial charge in [-0.25, -0.2) is 13.2 Å². The van der Waals surface area contributed by atoms with Crippen LogP contribution in [0.5, 0.6) is 5.75 Å². The molecule has 9 heteroatoms. The minimum Gasteiger partial charge on any atom is -0.496 e. The third-order valence-corrected chi connectivity index (χ3v) is 6.89. The van der Waals surface area contributed by atoms with Crippen molar-refractivity contribution in [1.82, 2.24) is 9.21 Å². The second-order valence-electron chi connectivity index (χ2n) is 9.65. The van der Waals surface area contributed by atoms with Crippen LogP contribution in [0.15, 0.2) is 18.2 Å². The third-order valence-electron chi connectivity index (χ3n) is 5.64. The first-order valence-electron chi connectivity index (χ1n) is 10.3. The Bertz CT molecular complexity index is 951. The van der Waals surface area contributed by atoms with E-state index < -0.39 is 27.4 Å². The number of benzene rings is 1. The quantitative estimate of drug-likeness (QED) is 0.708. The molecule has 1 atom stereocenters. The molecule has 1 saturated heterocycles. The largest absolute Gasteiger partial charge is 0.496 e. The Morgan fingerprint density at radius 1 is 1.23 bits per heavy atom. The Morgan fingerprint density at radius 3 is 2.29 bits per heavy atom. The Balaban J connectivity index is 2.55. The summed E-state index contributed by atoms with van der Waals surface area (Å²) in [5.74, 6) is -1.17. The molecule has 1 aliphatic heterocycles. The maximum Gasteiger partial charge on any atom is 0.331 e. The van der Waals surface area contributed by atoms with Crippen molar-refractivity contribution in [2.24, 2.45) is 5.92 Å². The number of sulfonamides is 1. The molecule has 8 nitrogen and oxygen atoms in total. The van der Waals surface area contributed by atoms with Crippen molar-refractivity contribution in [2.75, 3.05) is 33.0 Å². The SMILES string of the molecule is COc1cc(C(=O)N2CCN(S(C)(=O)=O)CC2(CC(C)C)C(=O)O)ccc1C(C)(C)C. The minimum absolute atomic E-state index is 0.00569. The van der Waals surface area contributed by atoms with Crippen LogP contribution in [0.4, 0.5) is 0 Å². The lowest BCUT2D eigenvalue weighted by Gasteiger charge is -2.48. The maximum absolute atomic E-state index is 13.5. The van der Waals surface area contributed by atoms with Gasteiger partial charge in [-0.2, -0.15) is 4.31 Å². The number of ether oxygens (including phenoxy) is 1. The van der Waals surface area contributed by atoms with E-state index in [1.165, 1.54) is 12.0 Å². The zero-order valence-corrected chi connectivity index (χ0v) is 20.2. The number of carboxylic acids is 1. The molecule has 1 fully saturated rings. The number of carboxylic acid groups (broad SMARTS) is 1. The molecule has 0 aliphatic carbocycles. The maximum atomic E-state index is 13.5. The molecule has 31 heavy (non-hydrogen) atoms. The standard InChI is InChI=1S/C22H34N2O6S/c1-15(2)13-22(20(26)27)14-23(31(7,28)29)10-11-24(22)19(25)16-8-9-17(21(3,4)5)18(12-16)30-6/h8-9,12,15H,10-11,13-14H2,1-7H3,(H,26,27). The summed E-state index contributed by atoms with van der Waals surface area (Å²) in [5.41, 5.74) is -0.605. The molecule has 1 amide bonds. The Hall–Kier alpha value is -2.13. The predicted molar refractivity (Wildman–Crippen MR) is 119 cm³/mol. The second kappa shape index (κ2) is 8.78. The molecule has 174 valence electrons. The highest BCUT2D eigenvalue weighted by atomic mass is 32.2. The van der Waals surface area contributed by atoms with Gasteiger partial charge in [0.15, 0.2) is 5.54 Å². The molecule has 0 aromatic heterocycles. The molecule has 1 unspecified atom stereocenters. The van der Waals surface area contributed by atoms with Gasteiger partial charge >= 0.3 is 5.97 Å². The number of amides is 1. The van der Waals surface area contributed by atoms with Gasteiger partial charge in [-0.3, -0.25) is 4.79 Å². The summed E-state index contributed by atoms with van der Waals surface area (Å²) in [6.45, 7) is 9.59. The van der Waals surface area contributed by atoms with Gasteiger partial charge in [0.1, 0.15) is 5.75 Å². The van der Waals surface area contributed by atoms with Crippen LogP contribution in [0.2, 0.25) is 0 Å². The lowest BCUT2D eigenvalue weighted by molar-refractivity contribution is -0.153. The van der Waals surface area contributed by atoms with Gasteiger partial charge in [0, 0.05) is 25.2 Å². The second-order valence-corrected chi connectivity index (χ2v) is 11.6. The van der Waals surface area contributed by atoms with Gasteiger partial charge in [-0.1, -0.05) is 40.7 Å². The fraction of sp³-hybridized carbons (Fsp3) is 0.636. The van der Waals surface area contributed by atoms with E-state index in [-0.39, 0.29) is 37.4 Å². The molecule has 0 spiro atoms. The highest BCUT2D eigenvalue weighted by Crippen LogP contribution is 2.35. The number of aliphatic carboxylic acids is 1. The van der Waals surface area contributed by atoms with Gasteiger partial charge in [-0.05, 0) is 35.4 Å². The van der Waals surface area contributed by atoms with Crippen LogP contribution in [-0.4, -0.2) is 73.1 Å². The van der Waals surface area contributed by atoms with Crippen LogP contribution in [0.3, 0.4) is 0 Å². The lowest BCUT2D eigenvalue weighted by atomic mass is 9.84. The van der Waals surface area contributed by atoms with Crippen molar-refractivity contribution in [3.05, 3.63) is 29.3 Å². The van der Waals surface area contributed by atoms with E-state index in [9.17, 15) is 23.1 Å².